The van der Waals surface area contributed by atoms with Gasteiger partial charge in [-0.3, -0.25) is 5.10 Å². The Hall–Kier alpha value is -3.18. The maximum Gasteiger partial charge on any atom is 0.0972 e. The summed E-state index contributed by atoms with van der Waals surface area (Å²) in [5.41, 5.74) is 10.5. The minimum absolute atomic E-state index is 0.769. The highest BCUT2D eigenvalue weighted by atomic mass is 15.3. The predicted octanol–water partition coefficient (Wildman–Crippen LogP) is 4.83. The molecule has 2 aromatic heterocycles. The van der Waals surface area contributed by atoms with Gasteiger partial charge in [-0.25, -0.2) is 4.68 Å². The van der Waals surface area contributed by atoms with Crippen LogP contribution in [0.5, 0.6) is 0 Å². The molecule has 0 bridgehead atoms. The molecule has 0 radical (unpaired) electrons. The number of rotatable bonds is 7. The van der Waals surface area contributed by atoms with Gasteiger partial charge in [0.25, 0.3) is 0 Å². The van der Waals surface area contributed by atoms with Gasteiger partial charge in [-0.1, -0.05) is 41.5 Å². The molecule has 154 valence electrons. The molecule has 0 amide bonds. The summed E-state index contributed by atoms with van der Waals surface area (Å²) in [6, 6.07) is 17.0. The van der Waals surface area contributed by atoms with Crippen molar-refractivity contribution in [1.82, 2.24) is 25.3 Å². The van der Waals surface area contributed by atoms with E-state index >= 15 is 0 Å². The molecule has 4 rings (SSSR count). The summed E-state index contributed by atoms with van der Waals surface area (Å²) in [5, 5.41) is 15.9. The second-order valence-electron chi connectivity index (χ2n) is 7.99. The average Bonchev–Trinajstić information content (AvgIpc) is 3.30. The minimum atomic E-state index is 0.769. The summed E-state index contributed by atoms with van der Waals surface area (Å²) in [4.78, 5) is 0. The Morgan fingerprint density at radius 3 is 2.47 bits per heavy atom. The Morgan fingerprint density at radius 2 is 1.77 bits per heavy atom. The number of nitrogens with one attached hydrogen (secondary N) is 2. The van der Waals surface area contributed by atoms with E-state index in [0.29, 0.717) is 0 Å². The molecule has 0 aliphatic rings. The van der Waals surface area contributed by atoms with E-state index in [1.165, 1.54) is 22.3 Å². The molecule has 2 aromatic carbocycles. The predicted molar refractivity (Wildman–Crippen MR) is 122 cm³/mol. The van der Waals surface area contributed by atoms with Gasteiger partial charge in [0.2, 0.25) is 0 Å². The number of H-pyrrole nitrogens is 1. The fraction of sp³-hybridized carbons (Fsp3) is 0.280. The summed E-state index contributed by atoms with van der Waals surface area (Å²) in [6.07, 6.45) is 3.10. The van der Waals surface area contributed by atoms with Crippen LogP contribution in [-0.2, 0) is 13.0 Å². The highest BCUT2D eigenvalue weighted by Crippen LogP contribution is 2.25. The lowest BCUT2D eigenvalue weighted by Crippen LogP contribution is -2.17. The Kier molecular flexibility index (Phi) is 5.81. The van der Waals surface area contributed by atoms with E-state index in [0.717, 1.165) is 47.8 Å². The van der Waals surface area contributed by atoms with E-state index < -0.39 is 0 Å². The first-order valence-corrected chi connectivity index (χ1v) is 10.4. The molecular formula is C25H29N5. The lowest BCUT2D eigenvalue weighted by atomic mass is 10.1. The smallest absolute Gasteiger partial charge is 0.0972 e. The van der Waals surface area contributed by atoms with Crippen LogP contribution in [0.3, 0.4) is 0 Å². The van der Waals surface area contributed by atoms with Crippen molar-refractivity contribution in [3.05, 3.63) is 88.4 Å². The molecule has 2 heterocycles. The fourth-order valence-electron chi connectivity index (χ4n) is 3.78. The van der Waals surface area contributed by atoms with Gasteiger partial charge in [-0.15, -0.1) is 0 Å². The first kappa shape index (κ1) is 20.1. The normalized spacial score (nSPS) is 11.2. The van der Waals surface area contributed by atoms with Gasteiger partial charge in [0.15, 0.2) is 0 Å². The van der Waals surface area contributed by atoms with E-state index in [4.69, 9.17) is 5.10 Å². The SMILES string of the molecule is Cc1ccc(-n2cc(CNCCc3c(C)n[nH]c3C)c(-c3cccc(C)c3)n2)cc1. The Morgan fingerprint density at radius 1 is 0.967 bits per heavy atom. The maximum absolute atomic E-state index is 4.94. The molecule has 0 saturated carbocycles. The number of benzene rings is 2. The van der Waals surface area contributed by atoms with Crippen LogP contribution in [0.2, 0.25) is 0 Å². The van der Waals surface area contributed by atoms with Crippen LogP contribution in [0.1, 0.15) is 33.6 Å². The van der Waals surface area contributed by atoms with E-state index in [2.05, 4.69) is 97.9 Å². The molecule has 0 atom stereocenters. The first-order chi connectivity index (χ1) is 14.5. The van der Waals surface area contributed by atoms with E-state index in [1.807, 2.05) is 4.68 Å². The number of aromatic amines is 1. The number of hydrogen-bond donors (Lipinski definition) is 2. The highest BCUT2D eigenvalue weighted by Gasteiger charge is 2.13. The van der Waals surface area contributed by atoms with Crippen molar-refractivity contribution in [2.45, 2.75) is 40.7 Å². The molecule has 4 aromatic rings. The van der Waals surface area contributed by atoms with Gasteiger partial charge in [-0.05, 0) is 64.4 Å². The van der Waals surface area contributed by atoms with Crippen molar-refractivity contribution in [2.24, 2.45) is 0 Å². The molecular weight excluding hydrogens is 370 g/mol. The lowest BCUT2D eigenvalue weighted by Gasteiger charge is -2.06. The molecule has 0 aliphatic carbocycles. The maximum atomic E-state index is 4.94. The van der Waals surface area contributed by atoms with Gasteiger partial charge in [0, 0.05) is 29.6 Å². The van der Waals surface area contributed by atoms with Crippen LogP contribution >= 0.6 is 0 Å². The average molecular weight is 400 g/mol. The first-order valence-electron chi connectivity index (χ1n) is 10.4. The molecule has 0 unspecified atom stereocenters. The van der Waals surface area contributed by atoms with E-state index in [9.17, 15) is 0 Å². The molecule has 2 N–H and O–H groups in total. The van der Waals surface area contributed by atoms with Crippen molar-refractivity contribution >= 4 is 0 Å². The van der Waals surface area contributed by atoms with Gasteiger partial charge >= 0.3 is 0 Å². The molecule has 0 saturated heterocycles. The van der Waals surface area contributed by atoms with Crippen LogP contribution in [-0.4, -0.2) is 26.5 Å². The van der Waals surface area contributed by atoms with Crippen LogP contribution in [0.4, 0.5) is 0 Å². The summed E-state index contributed by atoms with van der Waals surface area (Å²) >= 11 is 0. The van der Waals surface area contributed by atoms with Crippen molar-refractivity contribution < 1.29 is 0 Å². The monoisotopic (exact) mass is 399 g/mol. The molecule has 5 nitrogen and oxygen atoms in total. The third-order valence-corrected chi connectivity index (χ3v) is 5.53. The summed E-state index contributed by atoms with van der Waals surface area (Å²) in [5.74, 6) is 0. The molecule has 0 spiro atoms. The highest BCUT2D eigenvalue weighted by molar-refractivity contribution is 5.64. The van der Waals surface area contributed by atoms with Gasteiger partial charge < -0.3 is 5.32 Å². The molecule has 30 heavy (non-hydrogen) atoms. The zero-order valence-electron chi connectivity index (χ0n) is 18.2. The van der Waals surface area contributed by atoms with E-state index in [1.54, 1.807) is 0 Å². The van der Waals surface area contributed by atoms with Gasteiger partial charge in [0.05, 0.1) is 17.1 Å². The number of aromatic nitrogens is 4. The standard InChI is InChI=1S/C25H29N5/c1-17-8-10-23(11-9-17)30-16-22(25(29-30)21-7-5-6-18(2)14-21)15-26-13-12-24-19(3)27-28-20(24)4/h5-11,14,16,26H,12-13,15H2,1-4H3,(H,27,28). The second-order valence-corrected chi connectivity index (χ2v) is 7.99. The lowest BCUT2D eigenvalue weighted by molar-refractivity contribution is 0.685. The van der Waals surface area contributed by atoms with Crippen LogP contribution < -0.4 is 5.32 Å². The second kappa shape index (κ2) is 8.67. The van der Waals surface area contributed by atoms with Crippen molar-refractivity contribution in [1.29, 1.82) is 0 Å². The van der Waals surface area contributed by atoms with Gasteiger partial charge in [-0.2, -0.15) is 10.2 Å². The van der Waals surface area contributed by atoms with Crippen molar-refractivity contribution in [2.75, 3.05) is 6.54 Å². The van der Waals surface area contributed by atoms with Gasteiger partial charge in [0.1, 0.15) is 0 Å². The third kappa shape index (κ3) is 4.36. The van der Waals surface area contributed by atoms with Crippen LogP contribution in [0.25, 0.3) is 16.9 Å². The zero-order chi connectivity index (χ0) is 21.1. The Labute approximate surface area is 178 Å². The van der Waals surface area contributed by atoms with Crippen LogP contribution in [0, 0.1) is 27.7 Å². The number of nitrogens with zero attached hydrogens (tertiary/aromatic N) is 3. The largest absolute Gasteiger partial charge is 0.312 e. The fourth-order valence-corrected chi connectivity index (χ4v) is 3.78. The summed E-state index contributed by atoms with van der Waals surface area (Å²) in [6.45, 7) is 10.0. The van der Waals surface area contributed by atoms with Crippen molar-refractivity contribution in [3.8, 4) is 16.9 Å². The number of hydrogen-bond acceptors (Lipinski definition) is 3. The van der Waals surface area contributed by atoms with Crippen molar-refractivity contribution in [3.63, 3.8) is 0 Å². The Balaban J connectivity index is 1.56. The van der Waals surface area contributed by atoms with E-state index in [-0.39, 0.29) is 0 Å². The zero-order valence-corrected chi connectivity index (χ0v) is 18.2. The Bertz CT molecular complexity index is 1120. The quantitative estimate of drug-likeness (QED) is 0.438. The topological polar surface area (TPSA) is 58.5 Å². The summed E-state index contributed by atoms with van der Waals surface area (Å²) in [7, 11) is 0. The van der Waals surface area contributed by atoms with Crippen LogP contribution in [0.15, 0.2) is 54.7 Å². The summed E-state index contributed by atoms with van der Waals surface area (Å²) < 4.78 is 1.98. The molecule has 0 aliphatic heterocycles. The number of aryl methyl sites for hydroxylation is 4. The third-order valence-electron chi connectivity index (χ3n) is 5.53. The minimum Gasteiger partial charge on any atom is -0.312 e. The molecule has 0 fully saturated rings. The molecule has 5 heteroatoms.